The fourth-order valence-corrected chi connectivity index (χ4v) is 8.53. The summed E-state index contributed by atoms with van der Waals surface area (Å²) < 4.78 is 19.1. The van der Waals surface area contributed by atoms with Gasteiger partial charge in [0.05, 0.1) is 63.1 Å². The number of rotatable bonds is 32. The zero-order valence-corrected chi connectivity index (χ0v) is 46.2. The van der Waals surface area contributed by atoms with E-state index in [2.05, 4.69) is 53.1 Å². The van der Waals surface area contributed by atoms with Crippen LogP contribution in [0.15, 0.2) is 94.5 Å². The van der Waals surface area contributed by atoms with Gasteiger partial charge in [0.1, 0.15) is 11.6 Å². The van der Waals surface area contributed by atoms with Gasteiger partial charge in [0, 0.05) is 83.4 Å². The van der Waals surface area contributed by atoms with Crippen molar-refractivity contribution in [1.29, 1.82) is 0 Å². The van der Waals surface area contributed by atoms with Gasteiger partial charge < -0.3 is 58.5 Å². The molecule has 2 atom stereocenters. The predicted molar refractivity (Wildman–Crippen MR) is 299 cm³/mol. The number of terminal acetylenes is 1. The molecular weight excluding hydrogens is 1050 g/mol. The minimum atomic E-state index is -0.838. The van der Waals surface area contributed by atoms with Crippen molar-refractivity contribution in [2.75, 3.05) is 62.9 Å². The van der Waals surface area contributed by atoms with Gasteiger partial charge in [-0.05, 0) is 92.8 Å². The van der Waals surface area contributed by atoms with Gasteiger partial charge in [0.15, 0.2) is 24.7 Å². The first-order valence-corrected chi connectivity index (χ1v) is 26.0. The molecule has 5 rings (SSSR count). The third-order valence-corrected chi connectivity index (χ3v) is 12.8. The number of aromatic amines is 1. The predicted octanol–water partition coefficient (Wildman–Crippen LogP) is 5.87. The summed E-state index contributed by atoms with van der Waals surface area (Å²) in [6, 6.07) is 20.4. The van der Waals surface area contributed by atoms with Crippen LogP contribution < -0.4 is 42.0 Å². The van der Waals surface area contributed by atoms with Crippen LogP contribution in [0.3, 0.4) is 0 Å². The summed E-state index contributed by atoms with van der Waals surface area (Å²) >= 11 is 3.63. The van der Waals surface area contributed by atoms with Crippen LogP contribution in [0.5, 0.6) is 0 Å². The number of H-pyrrole nitrogens is 1. The van der Waals surface area contributed by atoms with Gasteiger partial charge in [0.2, 0.25) is 11.8 Å². The summed E-state index contributed by atoms with van der Waals surface area (Å²) in [5.41, 5.74) is 10.1. The summed E-state index contributed by atoms with van der Waals surface area (Å²) in [5, 5.41) is 11.8. The van der Waals surface area contributed by atoms with Crippen LogP contribution in [-0.2, 0) is 53.0 Å². The van der Waals surface area contributed by atoms with E-state index in [9.17, 15) is 33.6 Å². The highest BCUT2D eigenvalue weighted by Gasteiger charge is 2.29. The van der Waals surface area contributed by atoms with E-state index in [1.165, 1.54) is 6.92 Å². The van der Waals surface area contributed by atoms with E-state index in [0.717, 1.165) is 26.9 Å². The van der Waals surface area contributed by atoms with E-state index in [1.807, 2.05) is 78.2 Å². The molecule has 0 aliphatic carbocycles. The van der Waals surface area contributed by atoms with Crippen LogP contribution >= 0.6 is 15.9 Å². The molecule has 77 heavy (non-hydrogen) atoms. The highest BCUT2D eigenvalue weighted by molar-refractivity contribution is 9.10. The Hall–Kier alpha value is -7.31. The number of ketones is 2. The minimum absolute atomic E-state index is 0. The number of urea groups is 1. The van der Waals surface area contributed by atoms with Crippen molar-refractivity contribution in [1.82, 2.24) is 25.9 Å². The van der Waals surface area contributed by atoms with Crippen molar-refractivity contribution in [2.24, 2.45) is 17.6 Å². The number of amides is 5. The molecule has 0 radical (unpaired) electrons. The van der Waals surface area contributed by atoms with E-state index in [4.69, 9.17) is 26.4 Å². The number of aromatic nitrogens is 3. The Morgan fingerprint density at radius 3 is 2.22 bits per heavy atom. The number of anilines is 2. The number of fused-ring (bicyclic) bond motifs is 1. The lowest BCUT2D eigenvalue weighted by atomic mass is 9.89. The van der Waals surface area contributed by atoms with Gasteiger partial charge in [-0.15, -0.1) is 6.42 Å². The van der Waals surface area contributed by atoms with E-state index < -0.39 is 18.0 Å². The molecule has 0 saturated carbocycles. The molecule has 2 aromatic heterocycles. The summed E-state index contributed by atoms with van der Waals surface area (Å²) in [7, 11) is 0. The van der Waals surface area contributed by atoms with Crippen molar-refractivity contribution in [3.05, 3.63) is 136 Å². The summed E-state index contributed by atoms with van der Waals surface area (Å²) in [6.07, 6.45) is 10.5. The maximum absolute atomic E-state index is 13.8. The zero-order chi connectivity index (χ0) is 55.0. The number of nitrogens with one attached hydrogen (secondary N) is 5. The van der Waals surface area contributed by atoms with Crippen LogP contribution in [0.4, 0.5) is 16.2 Å². The van der Waals surface area contributed by atoms with Crippen molar-refractivity contribution < 1.29 is 47.5 Å². The van der Waals surface area contributed by atoms with Crippen molar-refractivity contribution in [3.63, 3.8) is 0 Å². The maximum Gasteiger partial charge on any atom is 0.312 e. The topological polar surface area (TPSA) is 257 Å². The number of Topliss-reactive ketones (excluding diaryl/α,β-unsaturated/α-hetero) is 2. The fraction of sp³-hybridized carbons (Fsp3) is 0.404. The highest BCUT2D eigenvalue weighted by atomic mass is 79.9. The minimum Gasteiger partial charge on any atom is -0.379 e. The van der Waals surface area contributed by atoms with Gasteiger partial charge in [-0.25, -0.2) is 14.3 Å². The Balaban J connectivity index is 0.0000128. The Kier molecular flexibility index (Phi) is 26.1. The number of hydrogen-bond donors (Lipinski definition) is 6. The zero-order valence-electron chi connectivity index (χ0n) is 44.6. The standard InChI is InChI=1S/C56H68BrN9O10.CH3/c1-6-22-66(36-44-30-47-49(32-48(44)57)61-39(5)62-55(47)72)46-17-13-42(14-18-46)53(70)60-33-41-9-8-23-65(35-41)34-40-11-15-45(16-12-40)63-54(71)43(10-7-21-59-56(58)73)31-50(68)52(37(2)3)64-51(69)20-25-75-27-29-76-28-26-74-24-19-38(4)67;/h1,8-9,11-18,23,30,32,35,37,43,52H,7,10,19-22,24-29,31,33-34,36H2,2-5H3,(H6-,58,59,60,61,62,63,64,69,70,71,72,73);1H3/q;-1/p+1/t43-,52+;/m1./s1. The Labute approximate surface area is 458 Å². The van der Waals surface area contributed by atoms with E-state index in [-0.39, 0.29) is 93.8 Å². The Morgan fingerprint density at radius 2 is 1.57 bits per heavy atom. The van der Waals surface area contributed by atoms with Crippen molar-refractivity contribution >= 4 is 73.5 Å². The lowest BCUT2D eigenvalue weighted by molar-refractivity contribution is -0.688. The number of primary amides is 1. The van der Waals surface area contributed by atoms with Crippen LogP contribution in [-0.4, -0.2) is 104 Å². The number of aryl methyl sites for hydroxylation is 1. The smallest absolute Gasteiger partial charge is 0.312 e. The average molecular weight is 1120 g/mol. The number of carbonyl (C=O) groups excluding carboxylic acids is 6. The van der Waals surface area contributed by atoms with Gasteiger partial charge in [-0.1, -0.05) is 47.8 Å². The summed E-state index contributed by atoms with van der Waals surface area (Å²) in [6.45, 7) is 10.3. The molecule has 0 aliphatic rings. The van der Waals surface area contributed by atoms with Crippen LogP contribution in [0, 0.1) is 38.5 Å². The highest BCUT2D eigenvalue weighted by Crippen LogP contribution is 2.26. The SMILES string of the molecule is C#CCN(Cc1cc2c(=O)[nH]c(C)nc2cc1Br)c1ccc(C(=O)NCc2ccc[n+](Cc3ccc(NC(=O)[C@H](CCCNC(N)=O)CC(=O)[C@@H](NC(=O)CCOCCOCCOCCC(C)=O)C(C)C)cc3)c2)cc1.[CH3-]. The van der Waals surface area contributed by atoms with Gasteiger partial charge in [-0.3, -0.25) is 28.8 Å². The maximum atomic E-state index is 13.8. The molecule has 0 aliphatic heterocycles. The van der Waals surface area contributed by atoms with Crippen molar-refractivity contribution in [2.45, 2.75) is 85.5 Å². The molecule has 5 amide bonds. The number of nitrogens with zero attached hydrogens (tertiary/aromatic N) is 3. The van der Waals surface area contributed by atoms with Gasteiger partial charge in [-0.2, -0.15) is 0 Å². The molecule has 2 heterocycles. The largest absolute Gasteiger partial charge is 0.379 e. The first-order valence-electron chi connectivity index (χ1n) is 25.2. The average Bonchev–Trinajstić information content (AvgIpc) is 3.38. The summed E-state index contributed by atoms with van der Waals surface area (Å²) in [5.74, 6) is 0.983. The van der Waals surface area contributed by atoms with Gasteiger partial charge >= 0.3 is 6.03 Å². The molecule has 20 heteroatoms. The number of ether oxygens (including phenoxy) is 3. The second kappa shape index (κ2) is 32.3. The van der Waals surface area contributed by atoms with Crippen molar-refractivity contribution in [3.8, 4) is 12.3 Å². The molecule has 0 spiro atoms. The van der Waals surface area contributed by atoms with Crippen LogP contribution in [0.1, 0.15) is 85.7 Å². The Morgan fingerprint density at radius 1 is 0.896 bits per heavy atom. The first kappa shape index (κ1) is 62.2. The molecule has 7 N–H and O–H groups in total. The van der Waals surface area contributed by atoms with E-state index in [1.54, 1.807) is 37.3 Å². The Bertz CT molecular complexity index is 2870. The molecule has 19 nitrogen and oxygen atoms in total. The molecule has 0 fully saturated rings. The lowest BCUT2D eigenvalue weighted by Crippen LogP contribution is -2.45. The molecule has 412 valence electrons. The number of hydrogen-bond acceptors (Lipinski definition) is 12. The molecule has 0 bridgehead atoms. The third kappa shape index (κ3) is 21.3. The number of benzene rings is 3. The monoisotopic (exact) mass is 1120 g/mol. The molecule has 0 unspecified atom stereocenters. The molecule has 0 saturated heterocycles. The first-order chi connectivity index (χ1) is 36.5. The normalized spacial score (nSPS) is 11.7. The molecule has 3 aromatic carbocycles. The van der Waals surface area contributed by atoms with Gasteiger partial charge in [0.25, 0.3) is 11.5 Å². The third-order valence-electron chi connectivity index (χ3n) is 12.1. The molecular formula is C57H72BrN9O10. The second-order valence-corrected chi connectivity index (χ2v) is 19.5. The van der Waals surface area contributed by atoms with E-state index in [0.29, 0.717) is 86.9 Å². The summed E-state index contributed by atoms with van der Waals surface area (Å²) in [4.78, 5) is 97.8. The lowest BCUT2D eigenvalue weighted by Gasteiger charge is -2.24. The van der Waals surface area contributed by atoms with Crippen LogP contribution in [0.25, 0.3) is 10.9 Å². The van der Waals surface area contributed by atoms with Crippen LogP contribution in [0.2, 0.25) is 0 Å². The number of carbonyl (C=O) groups is 6. The second-order valence-electron chi connectivity index (χ2n) is 18.6. The quantitative estimate of drug-likeness (QED) is 0.0128. The number of nitrogens with two attached hydrogens (primary N) is 1. The van der Waals surface area contributed by atoms with E-state index >= 15 is 0 Å². The number of halogens is 1. The fourth-order valence-electron chi connectivity index (χ4n) is 8.08. The molecule has 5 aromatic rings. The number of pyridine rings is 1.